The molecule has 3 aromatic heterocycles. The molecule has 1 fully saturated rings. The van der Waals surface area contributed by atoms with E-state index in [1.807, 2.05) is 0 Å². The number of anilines is 2. The summed E-state index contributed by atoms with van der Waals surface area (Å²) in [5.41, 5.74) is 9.02. The average Bonchev–Trinajstić information content (AvgIpc) is 3.60. The van der Waals surface area contributed by atoms with Crippen LogP contribution in [0.15, 0.2) is 30.6 Å². The third-order valence-corrected chi connectivity index (χ3v) is 11.3. The lowest BCUT2D eigenvalue weighted by atomic mass is 9.89. The minimum atomic E-state index is -1.25. The van der Waals surface area contributed by atoms with Gasteiger partial charge in [0.05, 0.1) is 50.3 Å². The van der Waals surface area contributed by atoms with E-state index in [9.17, 15) is 9.59 Å². The Kier molecular flexibility index (Phi) is 9.92. The zero-order valence-corrected chi connectivity index (χ0v) is 29.3. The molecule has 11 nitrogen and oxygen atoms in total. The van der Waals surface area contributed by atoms with Crippen LogP contribution in [0.5, 0.6) is 0 Å². The number of likely N-dealkylation sites (N-methyl/N-ethyl adjacent to an activating group) is 1. The van der Waals surface area contributed by atoms with Crippen LogP contribution in [-0.4, -0.2) is 83.2 Å². The fraction of sp³-hybridized carbons (Fsp3) is 0.531. The number of likely N-dealkylation sites (tertiary alicyclic amines) is 1. The monoisotopic (exact) mass is 650 g/mol. The Balaban J connectivity index is 1.36. The van der Waals surface area contributed by atoms with Gasteiger partial charge in [-0.15, -0.1) is 11.3 Å². The summed E-state index contributed by atoms with van der Waals surface area (Å²) >= 11 is 1.72. The van der Waals surface area contributed by atoms with Crippen LogP contribution in [0.2, 0.25) is 25.7 Å². The summed E-state index contributed by atoms with van der Waals surface area (Å²) in [4.78, 5) is 40.5. The number of rotatable bonds is 10. The van der Waals surface area contributed by atoms with Crippen molar-refractivity contribution in [2.24, 2.45) is 5.92 Å². The van der Waals surface area contributed by atoms with Crippen LogP contribution in [0.3, 0.4) is 0 Å². The summed E-state index contributed by atoms with van der Waals surface area (Å²) in [6, 6.07) is 7.07. The van der Waals surface area contributed by atoms with Gasteiger partial charge in [0.1, 0.15) is 12.5 Å². The lowest BCUT2D eigenvalue weighted by Gasteiger charge is -2.38. The quantitative estimate of drug-likeness (QED) is 0.130. The number of benzene rings is 1. The number of nitrogens with one attached hydrogen (secondary N) is 1. The van der Waals surface area contributed by atoms with Crippen LogP contribution in [0.1, 0.15) is 49.2 Å². The van der Waals surface area contributed by atoms with Crippen molar-refractivity contribution in [3.8, 4) is 0 Å². The summed E-state index contributed by atoms with van der Waals surface area (Å²) in [6.45, 7) is 13.4. The molecule has 1 saturated heterocycles. The molecular weight excluding hydrogens is 605 g/mol. The molecule has 1 aliphatic rings. The maximum Gasteiger partial charge on any atom is 0.314 e. The van der Waals surface area contributed by atoms with E-state index in [1.165, 1.54) is 6.20 Å². The lowest BCUT2D eigenvalue weighted by Crippen LogP contribution is -2.46. The summed E-state index contributed by atoms with van der Waals surface area (Å²) < 4.78 is 8.70. The molecule has 5 rings (SSSR count). The Labute approximate surface area is 270 Å². The van der Waals surface area contributed by atoms with E-state index in [4.69, 9.17) is 15.5 Å². The van der Waals surface area contributed by atoms with E-state index in [-0.39, 0.29) is 18.7 Å². The second-order valence-electron chi connectivity index (χ2n) is 13.9. The number of nitrogen functional groups attached to an aromatic ring is 1. The minimum absolute atomic E-state index is 0.203. The molecule has 1 unspecified atom stereocenters. The highest BCUT2D eigenvalue weighted by Crippen LogP contribution is 2.37. The van der Waals surface area contributed by atoms with Crippen molar-refractivity contribution < 1.29 is 14.3 Å². The highest BCUT2D eigenvalue weighted by molar-refractivity contribution is 7.18. The van der Waals surface area contributed by atoms with E-state index in [0.717, 1.165) is 46.2 Å². The molecule has 13 heteroatoms. The van der Waals surface area contributed by atoms with E-state index in [0.29, 0.717) is 41.5 Å². The third kappa shape index (κ3) is 7.71. The normalized spacial score (nSPS) is 18.2. The maximum atomic E-state index is 13.8. The number of pyridine rings is 1. The molecule has 0 aliphatic carbocycles. The van der Waals surface area contributed by atoms with Gasteiger partial charge in [0, 0.05) is 33.7 Å². The molecule has 242 valence electrons. The first-order chi connectivity index (χ1) is 21.3. The largest absolute Gasteiger partial charge is 0.383 e. The molecule has 0 spiro atoms. The van der Waals surface area contributed by atoms with E-state index < -0.39 is 19.9 Å². The van der Waals surface area contributed by atoms with Crippen LogP contribution < -0.4 is 11.1 Å². The number of fused-ring (bicyclic) bond motifs is 2. The Bertz CT molecular complexity index is 1680. The average molecular weight is 651 g/mol. The van der Waals surface area contributed by atoms with Gasteiger partial charge < -0.3 is 25.6 Å². The molecule has 4 heterocycles. The molecular formula is C32H46N8O3SSi. The number of carbonyl (C=O) groups excluding carboxylic acids is 2. The summed E-state index contributed by atoms with van der Waals surface area (Å²) in [5.74, 6) is -0.402. The lowest BCUT2D eigenvalue weighted by molar-refractivity contribution is -0.146. The second kappa shape index (κ2) is 13.5. The smallest absolute Gasteiger partial charge is 0.314 e. The third-order valence-electron chi connectivity index (χ3n) is 8.31. The SMILES string of the molecule is CC(CN(C)C)c1nc2cc([C@H]3CC[C@H](C)CN3C(=O)C(=O)Nc3cnc(N)c4cnn(COCC[Si](C)(C)C)c34)ccc2s1. The standard InChI is InChI=1S/C32H46N8O3SSi/c1-20-8-10-26(22-9-11-27-24(14-22)37-31(44-27)21(2)18-38(3)4)39(17-20)32(42)30(41)36-25-16-34-29(33)23-15-35-40(28(23)25)19-43-12-13-45(5,6)7/h9,11,14-16,20-21,26H,8,10,12-13,17-19H2,1-7H3,(H2,33,34)(H,36,41)/t20-,21?,26+/m0/s1. The van der Waals surface area contributed by atoms with Crippen molar-refractivity contribution in [1.29, 1.82) is 0 Å². The predicted octanol–water partition coefficient (Wildman–Crippen LogP) is 5.54. The zero-order chi connectivity index (χ0) is 32.5. The Morgan fingerprint density at radius 1 is 1.22 bits per heavy atom. The van der Waals surface area contributed by atoms with Crippen LogP contribution in [-0.2, 0) is 21.1 Å². The first kappa shape index (κ1) is 33.0. The van der Waals surface area contributed by atoms with Gasteiger partial charge in [-0.05, 0) is 56.6 Å². The molecule has 45 heavy (non-hydrogen) atoms. The molecule has 1 aromatic carbocycles. The fourth-order valence-electron chi connectivity index (χ4n) is 5.88. The van der Waals surface area contributed by atoms with Gasteiger partial charge in [-0.1, -0.05) is 39.6 Å². The number of carbonyl (C=O) groups is 2. The van der Waals surface area contributed by atoms with Crippen molar-refractivity contribution >= 4 is 63.8 Å². The second-order valence-corrected chi connectivity index (χ2v) is 20.5. The molecule has 4 aromatic rings. The topological polar surface area (TPSA) is 132 Å². The Morgan fingerprint density at radius 2 is 2.00 bits per heavy atom. The first-order valence-corrected chi connectivity index (χ1v) is 20.2. The van der Waals surface area contributed by atoms with Gasteiger partial charge in [0.25, 0.3) is 0 Å². The van der Waals surface area contributed by atoms with Crippen LogP contribution in [0, 0.1) is 5.92 Å². The number of amides is 2. The van der Waals surface area contributed by atoms with Gasteiger partial charge >= 0.3 is 11.8 Å². The number of thiazole rings is 1. The molecule has 1 aliphatic heterocycles. The Morgan fingerprint density at radius 3 is 2.73 bits per heavy atom. The first-order valence-electron chi connectivity index (χ1n) is 15.7. The van der Waals surface area contributed by atoms with E-state index in [2.05, 4.69) is 86.1 Å². The number of nitrogens with two attached hydrogens (primary N) is 1. The van der Waals surface area contributed by atoms with Crippen LogP contribution >= 0.6 is 11.3 Å². The van der Waals surface area contributed by atoms with Crippen molar-refractivity contribution in [3.63, 3.8) is 0 Å². The van der Waals surface area contributed by atoms with E-state index >= 15 is 0 Å². The summed E-state index contributed by atoms with van der Waals surface area (Å²) in [7, 11) is 2.89. The fourth-order valence-corrected chi connectivity index (χ4v) is 7.62. The van der Waals surface area contributed by atoms with E-state index in [1.54, 1.807) is 27.1 Å². The van der Waals surface area contributed by atoms with Crippen LogP contribution in [0.25, 0.3) is 21.1 Å². The van der Waals surface area contributed by atoms with Gasteiger partial charge in [0.15, 0.2) is 0 Å². The number of hydrogen-bond acceptors (Lipinski definition) is 9. The van der Waals surface area contributed by atoms with Gasteiger partial charge in [-0.25, -0.2) is 14.6 Å². The zero-order valence-electron chi connectivity index (χ0n) is 27.5. The predicted molar refractivity (Wildman–Crippen MR) is 184 cm³/mol. The molecule has 0 saturated carbocycles. The number of piperidine rings is 1. The molecule has 3 atom stereocenters. The minimum Gasteiger partial charge on any atom is -0.383 e. The van der Waals surface area contributed by atoms with Gasteiger partial charge in [-0.3, -0.25) is 9.59 Å². The number of hydrogen-bond donors (Lipinski definition) is 2. The number of ether oxygens (including phenoxy) is 1. The van der Waals surface area contributed by atoms with Crippen molar-refractivity contribution in [1.82, 2.24) is 29.5 Å². The summed E-state index contributed by atoms with van der Waals surface area (Å²) in [6.07, 6.45) is 4.83. The van der Waals surface area contributed by atoms with Crippen molar-refractivity contribution in [2.75, 3.05) is 44.8 Å². The highest BCUT2D eigenvalue weighted by Gasteiger charge is 2.35. The van der Waals surface area contributed by atoms with Crippen LogP contribution in [0.4, 0.5) is 11.5 Å². The van der Waals surface area contributed by atoms with Crippen molar-refractivity contribution in [3.05, 3.63) is 41.2 Å². The number of nitrogens with zero attached hydrogens (tertiary/aromatic N) is 6. The molecule has 3 N–H and O–H groups in total. The number of aromatic nitrogens is 4. The van der Waals surface area contributed by atoms with Gasteiger partial charge in [-0.2, -0.15) is 5.10 Å². The highest BCUT2D eigenvalue weighted by atomic mass is 32.1. The molecule has 2 amide bonds. The van der Waals surface area contributed by atoms with Crippen molar-refractivity contribution in [2.45, 2.75) is 71.1 Å². The Hall–Kier alpha value is -3.39. The molecule has 0 radical (unpaired) electrons. The maximum absolute atomic E-state index is 13.8. The van der Waals surface area contributed by atoms with Gasteiger partial charge in [0.2, 0.25) is 0 Å². The molecule has 0 bridgehead atoms. The summed E-state index contributed by atoms with van der Waals surface area (Å²) in [5, 5.41) is 8.95.